The van der Waals surface area contributed by atoms with Crippen molar-refractivity contribution in [3.8, 4) is 6.07 Å². The molecule has 4 nitrogen and oxygen atoms in total. The zero-order valence-electron chi connectivity index (χ0n) is 12.8. The second-order valence-electron chi connectivity index (χ2n) is 6.65. The fourth-order valence-electron chi connectivity index (χ4n) is 2.75. The summed E-state index contributed by atoms with van der Waals surface area (Å²) >= 11 is 12.4. The maximum absolute atomic E-state index is 10.0. The van der Waals surface area contributed by atoms with Gasteiger partial charge in [-0.25, -0.2) is 4.98 Å². The fraction of sp³-hybridized carbons (Fsp3) is 0.400. The third kappa shape index (κ3) is 3.89. The molecule has 1 aromatic carbocycles. The van der Waals surface area contributed by atoms with Crippen molar-refractivity contribution in [2.45, 2.75) is 37.6 Å². The van der Waals surface area contributed by atoms with Crippen molar-refractivity contribution in [1.29, 1.82) is 5.26 Å². The van der Waals surface area contributed by atoms with Crippen LogP contribution >= 0.6 is 23.2 Å². The van der Waals surface area contributed by atoms with Crippen molar-refractivity contribution in [3.63, 3.8) is 0 Å². The fourth-order valence-corrected chi connectivity index (χ4v) is 5.53. The molecule has 0 aliphatic rings. The molecule has 0 amide bonds. The van der Waals surface area contributed by atoms with Gasteiger partial charge >= 0.3 is 0 Å². The Kier molecular flexibility index (Phi) is 4.96. The molecule has 7 heteroatoms. The van der Waals surface area contributed by atoms with Crippen LogP contribution < -0.4 is 0 Å². The Bertz CT molecular complexity index is 689. The summed E-state index contributed by atoms with van der Waals surface area (Å²) in [5.41, 5.74) is 0.0684. The first kappa shape index (κ1) is 17.0. The van der Waals surface area contributed by atoms with E-state index in [1.54, 1.807) is 23.1 Å². The first-order chi connectivity index (χ1) is 10.3. The summed E-state index contributed by atoms with van der Waals surface area (Å²) in [5.74, 6) is 0. The highest BCUT2D eigenvalue weighted by atomic mass is 35.5. The molecule has 0 radical (unpaired) electrons. The lowest BCUT2D eigenvalue weighted by Gasteiger charge is -2.33. The number of rotatable bonds is 5. The Hall–Kier alpha value is -1.35. The maximum atomic E-state index is 10.0. The quantitative estimate of drug-likeness (QED) is 0.750. The minimum Gasteiger partial charge on any atom is -0.251 e. The zero-order chi connectivity index (χ0) is 16.4. The highest BCUT2D eigenvalue weighted by molar-refractivity contribution is 6.76. The smallest absolute Gasteiger partial charge is 0.137 e. The van der Waals surface area contributed by atoms with Crippen LogP contribution in [0.15, 0.2) is 30.9 Å². The molecule has 1 heterocycles. The Labute approximate surface area is 141 Å². The summed E-state index contributed by atoms with van der Waals surface area (Å²) in [7, 11) is -1.54. The Morgan fingerprint density at radius 1 is 1.32 bits per heavy atom. The minimum absolute atomic E-state index is 0.426. The van der Waals surface area contributed by atoms with Crippen LogP contribution in [0.2, 0.25) is 35.7 Å². The van der Waals surface area contributed by atoms with Crippen molar-refractivity contribution in [2.24, 2.45) is 0 Å². The average Bonchev–Trinajstić information content (AvgIpc) is 2.89. The van der Waals surface area contributed by atoms with Crippen LogP contribution in [0.5, 0.6) is 0 Å². The van der Waals surface area contributed by atoms with Gasteiger partial charge in [0.2, 0.25) is 0 Å². The molecule has 2 rings (SSSR count). The van der Waals surface area contributed by atoms with Crippen molar-refractivity contribution < 1.29 is 0 Å². The molecule has 1 atom stereocenters. The number of hydrogen-bond donors (Lipinski definition) is 0. The lowest BCUT2D eigenvalue weighted by molar-refractivity contribution is 0.456. The summed E-state index contributed by atoms with van der Waals surface area (Å²) in [6, 6.07) is 8.60. The van der Waals surface area contributed by atoms with Crippen molar-refractivity contribution in [2.75, 3.05) is 0 Å². The van der Waals surface area contributed by atoms with Gasteiger partial charge in [0.1, 0.15) is 18.1 Å². The molecule has 0 saturated carbocycles. The van der Waals surface area contributed by atoms with E-state index < -0.39 is 13.5 Å². The number of nitriles is 1. The molecular formula is C15H18Cl2N4Si. The highest BCUT2D eigenvalue weighted by Gasteiger charge is 2.39. The summed E-state index contributed by atoms with van der Waals surface area (Å²) in [4.78, 5) is 3.97. The lowest BCUT2D eigenvalue weighted by Crippen LogP contribution is -2.38. The van der Waals surface area contributed by atoms with Gasteiger partial charge in [0.05, 0.1) is 12.6 Å². The van der Waals surface area contributed by atoms with Crippen LogP contribution in [0.3, 0.4) is 0 Å². The van der Waals surface area contributed by atoms with Crippen LogP contribution in [0.4, 0.5) is 0 Å². The normalized spacial score (nSPS) is 14.4. The van der Waals surface area contributed by atoms with Gasteiger partial charge in [-0.1, -0.05) is 48.9 Å². The van der Waals surface area contributed by atoms with Gasteiger partial charge < -0.3 is 0 Å². The SMILES string of the molecule is C[Si](C)(C)CC(C#N)(Cn1cncn1)c1ccc(Cl)cc1Cl. The van der Waals surface area contributed by atoms with Gasteiger partial charge in [0.25, 0.3) is 0 Å². The predicted octanol–water partition coefficient (Wildman–Crippen LogP) is 4.38. The van der Waals surface area contributed by atoms with Crippen LogP contribution in [-0.4, -0.2) is 22.8 Å². The summed E-state index contributed by atoms with van der Waals surface area (Å²) in [5, 5.41) is 15.2. The molecule has 0 N–H and O–H groups in total. The molecule has 0 spiro atoms. The first-order valence-corrected chi connectivity index (χ1v) is 11.4. The topological polar surface area (TPSA) is 54.5 Å². The van der Waals surface area contributed by atoms with E-state index in [0.717, 1.165) is 11.6 Å². The van der Waals surface area contributed by atoms with Crippen LogP contribution in [0, 0.1) is 11.3 Å². The lowest BCUT2D eigenvalue weighted by atomic mass is 9.83. The van der Waals surface area contributed by atoms with Gasteiger partial charge in [-0.2, -0.15) is 10.4 Å². The number of nitrogens with zero attached hydrogens (tertiary/aromatic N) is 4. The summed E-state index contributed by atoms with van der Waals surface area (Å²) in [6.07, 6.45) is 3.10. The number of aromatic nitrogens is 3. The molecule has 116 valence electrons. The van der Waals surface area contributed by atoms with E-state index >= 15 is 0 Å². The molecule has 0 fully saturated rings. The third-order valence-corrected chi connectivity index (χ3v) is 5.60. The van der Waals surface area contributed by atoms with E-state index in [1.807, 2.05) is 6.07 Å². The van der Waals surface area contributed by atoms with Crippen molar-refractivity contribution >= 4 is 31.3 Å². The second kappa shape index (κ2) is 6.41. The molecule has 0 bridgehead atoms. The zero-order valence-corrected chi connectivity index (χ0v) is 15.4. The number of benzene rings is 1. The number of hydrogen-bond acceptors (Lipinski definition) is 3. The molecule has 0 aliphatic carbocycles. The molecular weight excluding hydrogens is 335 g/mol. The van der Waals surface area contributed by atoms with E-state index in [-0.39, 0.29) is 0 Å². The Morgan fingerprint density at radius 2 is 2.05 bits per heavy atom. The average molecular weight is 353 g/mol. The van der Waals surface area contributed by atoms with Gasteiger partial charge in [0.15, 0.2) is 0 Å². The van der Waals surface area contributed by atoms with Gasteiger partial charge in [0, 0.05) is 18.1 Å². The largest absolute Gasteiger partial charge is 0.251 e. The molecule has 0 saturated heterocycles. The van der Waals surface area contributed by atoms with Crippen LogP contribution in [0.25, 0.3) is 0 Å². The second-order valence-corrected chi connectivity index (χ2v) is 13.0. The van der Waals surface area contributed by atoms with Gasteiger partial charge in [-0.3, -0.25) is 4.68 Å². The molecule has 1 aromatic heterocycles. The Balaban J connectivity index is 2.55. The highest BCUT2D eigenvalue weighted by Crippen LogP contribution is 2.39. The first-order valence-electron chi connectivity index (χ1n) is 6.95. The molecule has 22 heavy (non-hydrogen) atoms. The molecule has 2 aromatic rings. The van der Waals surface area contributed by atoms with E-state index in [9.17, 15) is 5.26 Å². The van der Waals surface area contributed by atoms with Crippen molar-refractivity contribution in [3.05, 3.63) is 46.5 Å². The van der Waals surface area contributed by atoms with E-state index in [4.69, 9.17) is 23.2 Å². The minimum atomic E-state index is -1.54. The summed E-state index contributed by atoms with van der Waals surface area (Å²) < 4.78 is 1.69. The standard InChI is InChI=1S/C15H18Cl2N4Si/c1-22(2,3)9-15(7-18,8-21-11-19-10-20-21)13-5-4-12(16)6-14(13)17/h4-6,10-11H,8-9H2,1-3H3. The van der Waals surface area contributed by atoms with Crippen LogP contribution in [0.1, 0.15) is 5.56 Å². The van der Waals surface area contributed by atoms with Gasteiger partial charge in [-0.15, -0.1) is 0 Å². The van der Waals surface area contributed by atoms with E-state index in [0.29, 0.717) is 16.6 Å². The third-order valence-electron chi connectivity index (χ3n) is 3.39. The predicted molar refractivity (Wildman–Crippen MR) is 91.9 cm³/mol. The van der Waals surface area contributed by atoms with E-state index in [2.05, 4.69) is 35.8 Å². The summed E-state index contributed by atoms with van der Waals surface area (Å²) in [6.45, 7) is 7.15. The van der Waals surface area contributed by atoms with Crippen LogP contribution in [-0.2, 0) is 12.0 Å². The van der Waals surface area contributed by atoms with Gasteiger partial charge in [-0.05, 0) is 23.7 Å². The monoisotopic (exact) mass is 352 g/mol. The maximum Gasteiger partial charge on any atom is 0.137 e. The molecule has 0 aliphatic heterocycles. The van der Waals surface area contributed by atoms with E-state index in [1.165, 1.54) is 6.33 Å². The van der Waals surface area contributed by atoms with Crippen molar-refractivity contribution in [1.82, 2.24) is 14.8 Å². The Morgan fingerprint density at radius 3 is 2.55 bits per heavy atom. The molecule has 1 unspecified atom stereocenters. The number of halogens is 2.